The van der Waals surface area contributed by atoms with Gasteiger partial charge in [-0.25, -0.2) is 0 Å². The van der Waals surface area contributed by atoms with Gasteiger partial charge in [0.15, 0.2) is 0 Å². The van der Waals surface area contributed by atoms with E-state index in [1.807, 2.05) is 30.3 Å². The van der Waals surface area contributed by atoms with Gasteiger partial charge in [-0.15, -0.1) is 0 Å². The van der Waals surface area contributed by atoms with E-state index in [1.165, 1.54) is 5.56 Å². The molecule has 1 aliphatic heterocycles. The van der Waals surface area contributed by atoms with Crippen LogP contribution in [-0.4, -0.2) is 22.5 Å². The molecular weight excluding hydrogens is 356 g/mol. The number of hydrogen-bond acceptors (Lipinski definition) is 3. The molecule has 1 atom stereocenters. The Morgan fingerprint density at radius 1 is 1.22 bits per heavy atom. The predicted octanol–water partition coefficient (Wildman–Crippen LogP) is 2.91. The monoisotopic (exact) mass is 374 g/mol. The molecule has 0 bridgehead atoms. The Morgan fingerprint density at radius 3 is 2.61 bits per heavy atom. The fourth-order valence-corrected chi connectivity index (χ4v) is 3.23. The Hall–Kier alpha value is -1.85. The molecule has 4 nitrogen and oxygen atoms in total. The molecule has 0 saturated carbocycles. The first-order valence-corrected chi connectivity index (χ1v) is 8.32. The van der Waals surface area contributed by atoms with Crippen molar-refractivity contribution >= 4 is 21.8 Å². The van der Waals surface area contributed by atoms with Crippen LogP contribution in [0.15, 0.2) is 46.9 Å². The Labute approximate surface area is 144 Å². The molecule has 120 valence electrons. The largest absolute Gasteiger partial charge is 0.508 e. The molecule has 23 heavy (non-hydrogen) atoms. The van der Waals surface area contributed by atoms with E-state index >= 15 is 0 Å². The van der Waals surface area contributed by atoms with Crippen molar-refractivity contribution in [3.05, 3.63) is 63.6 Å². The maximum absolute atomic E-state index is 12.9. The number of fused-ring (bicyclic) bond motifs is 1. The van der Waals surface area contributed by atoms with Gasteiger partial charge in [0.05, 0.1) is 0 Å². The van der Waals surface area contributed by atoms with Crippen LogP contribution in [0.2, 0.25) is 0 Å². The summed E-state index contributed by atoms with van der Waals surface area (Å²) in [6, 6.07) is 12.8. The molecule has 5 heteroatoms. The zero-order valence-corrected chi connectivity index (χ0v) is 14.5. The minimum Gasteiger partial charge on any atom is -0.508 e. The Morgan fingerprint density at radius 2 is 1.91 bits per heavy atom. The number of benzene rings is 2. The van der Waals surface area contributed by atoms with Crippen LogP contribution in [0.3, 0.4) is 0 Å². The highest BCUT2D eigenvalue weighted by molar-refractivity contribution is 9.10. The number of hydrogen-bond donors (Lipinski definition) is 2. The molecule has 2 aromatic rings. The fraction of sp³-hybridized carbons (Fsp3) is 0.278. The van der Waals surface area contributed by atoms with Crippen LogP contribution in [0.25, 0.3) is 0 Å². The maximum Gasteiger partial charge on any atom is 0.247 e. The van der Waals surface area contributed by atoms with Crippen molar-refractivity contribution in [2.24, 2.45) is 5.73 Å². The van der Waals surface area contributed by atoms with Gasteiger partial charge < -0.3 is 15.7 Å². The van der Waals surface area contributed by atoms with E-state index in [0.717, 1.165) is 22.0 Å². The lowest BCUT2D eigenvalue weighted by Crippen LogP contribution is -2.52. The third-order valence-electron chi connectivity index (χ3n) is 4.38. The quantitative estimate of drug-likeness (QED) is 0.848. The van der Waals surface area contributed by atoms with E-state index in [2.05, 4.69) is 15.9 Å². The second-order valence-electron chi connectivity index (χ2n) is 6.14. The van der Waals surface area contributed by atoms with E-state index < -0.39 is 5.54 Å². The lowest BCUT2D eigenvalue weighted by atomic mass is 9.90. The Kier molecular flexibility index (Phi) is 4.17. The molecule has 0 saturated heterocycles. The number of phenolic OH excluding ortho intramolecular Hbond substituents is 1. The Balaban J connectivity index is 1.84. The first kappa shape index (κ1) is 16.0. The summed E-state index contributed by atoms with van der Waals surface area (Å²) < 4.78 is 0.951. The van der Waals surface area contributed by atoms with E-state index in [4.69, 9.17) is 5.73 Å². The number of halogens is 1. The summed E-state index contributed by atoms with van der Waals surface area (Å²) >= 11 is 3.39. The van der Waals surface area contributed by atoms with Gasteiger partial charge in [-0.3, -0.25) is 4.79 Å². The summed E-state index contributed by atoms with van der Waals surface area (Å²) in [6.07, 6.45) is 0.776. The fourth-order valence-electron chi connectivity index (χ4n) is 2.96. The number of aromatic hydroxyl groups is 1. The van der Waals surface area contributed by atoms with Crippen LogP contribution in [0.4, 0.5) is 0 Å². The SMILES string of the molecule is CC(N)(C(=O)N1CCc2ccc(O)cc2C1)c1ccc(Br)cc1. The second-order valence-corrected chi connectivity index (χ2v) is 7.05. The molecule has 0 spiro atoms. The van der Waals surface area contributed by atoms with Gasteiger partial charge in [0.25, 0.3) is 0 Å². The van der Waals surface area contributed by atoms with E-state index in [-0.39, 0.29) is 11.7 Å². The van der Waals surface area contributed by atoms with Crippen molar-refractivity contribution < 1.29 is 9.90 Å². The highest BCUT2D eigenvalue weighted by Crippen LogP contribution is 2.28. The summed E-state index contributed by atoms with van der Waals surface area (Å²) in [5, 5.41) is 9.64. The van der Waals surface area contributed by atoms with Gasteiger partial charge >= 0.3 is 0 Å². The number of nitrogens with zero attached hydrogens (tertiary/aromatic N) is 1. The normalized spacial score (nSPS) is 16.6. The molecular formula is C18H19BrN2O2. The van der Waals surface area contributed by atoms with Gasteiger partial charge in [-0.1, -0.05) is 34.1 Å². The molecule has 1 aliphatic rings. The molecule has 2 aromatic carbocycles. The van der Waals surface area contributed by atoms with Gasteiger partial charge in [0, 0.05) is 17.6 Å². The zero-order valence-electron chi connectivity index (χ0n) is 12.9. The van der Waals surface area contributed by atoms with Gasteiger partial charge in [0.2, 0.25) is 5.91 Å². The zero-order chi connectivity index (χ0) is 16.6. The number of rotatable bonds is 2. The van der Waals surface area contributed by atoms with Crippen molar-refractivity contribution in [1.82, 2.24) is 4.90 Å². The van der Waals surface area contributed by atoms with Gasteiger partial charge in [0.1, 0.15) is 11.3 Å². The van der Waals surface area contributed by atoms with E-state index in [9.17, 15) is 9.90 Å². The maximum atomic E-state index is 12.9. The second kappa shape index (κ2) is 5.98. The minimum atomic E-state index is -1.07. The van der Waals surface area contributed by atoms with Crippen molar-refractivity contribution in [3.63, 3.8) is 0 Å². The van der Waals surface area contributed by atoms with Crippen molar-refractivity contribution in [3.8, 4) is 5.75 Å². The summed E-state index contributed by atoms with van der Waals surface area (Å²) in [6.45, 7) is 2.86. The molecule has 1 unspecified atom stereocenters. The van der Waals surface area contributed by atoms with Crippen LogP contribution < -0.4 is 5.73 Å². The van der Waals surface area contributed by atoms with Gasteiger partial charge in [-0.05, 0) is 54.3 Å². The Bertz CT molecular complexity index is 741. The van der Waals surface area contributed by atoms with Crippen molar-refractivity contribution in [2.45, 2.75) is 25.4 Å². The summed E-state index contributed by atoms with van der Waals surface area (Å²) in [7, 11) is 0. The van der Waals surface area contributed by atoms with Crippen LogP contribution >= 0.6 is 15.9 Å². The summed E-state index contributed by atoms with van der Waals surface area (Å²) in [4.78, 5) is 14.7. The molecule has 0 aliphatic carbocycles. The van der Waals surface area contributed by atoms with Crippen molar-refractivity contribution in [1.29, 1.82) is 0 Å². The number of carbonyl (C=O) groups excluding carboxylic acids is 1. The standard InChI is InChI=1S/C18H19BrN2O2/c1-18(20,14-3-5-15(19)6-4-14)17(23)21-9-8-12-2-7-16(22)10-13(12)11-21/h2-7,10,22H,8-9,11,20H2,1H3. The molecule has 0 radical (unpaired) electrons. The van der Waals surface area contributed by atoms with Gasteiger partial charge in [-0.2, -0.15) is 0 Å². The van der Waals surface area contributed by atoms with E-state index in [1.54, 1.807) is 24.0 Å². The third kappa shape index (κ3) is 3.12. The molecule has 0 aromatic heterocycles. The number of nitrogens with two attached hydrogens (primary N) is 1. The first-order chi connectivity index (χ1) is 10.9. The highest BCUT2D eigenvalue weighted by Gasteiger charge is 2.35. The molecule has 3 rings (SSSR count). The topological polar surface area (TPSA) is 66.6 Å². The summed E-state index contributed by atoms with van der Waals surface area (Å²) in [5.41, 5.74) is 8.22. The van der Waals surface area contributed by atoms with Crippen LogP contribution in [0.1, 0.15) is 23.6 Å². The van der Waals surface area contributed by atoms with Crippen molar-refractivity contribution in [2.75, 3.05) is 6.54 Å². The first-order valence-electron chi connectivity index (χ1n) is 7.53. The van der Waals surface area contributed by atoms with Crippen LogP contribution in [0.5, 0.6) is 5.75 Å². The van der Waals surface area contributed by atoms with Crippen LogP contribution in [-0.2, 0) is 23.3 Å². The third-order valence-corrected chi connectivity index (χ3v) is 4.91. The van der Waals surface area contributed by atoms with E-state index in [0.29, 0.717) is 13.1 Å². The molecule has 3 N–H and O–H groups in total. The average molecular weight is 375 g/mol. The lowest BCUT2D eigenvalue weighted by molar-refractivity contribution is -0.137. The molecule has 0 fully saturated rings. The predicted molar refractivity (Wildman–Crippen MR) is 92.9 cm³/mol. The van der Waals surface area contributed by atoms with Crippen LogP contribution in [0, 0.1) is 0 Å². The number of amides is 1. The lowest BCUT2D eigenvalue weighted by Gasteiger charge is -2.35. The number of phenols is 1. The highest BCUT2D eigenvalue weighted by atomic mass is 79.9. The summed E-state index contributed by atoms with van der Waals surface area (Å²) in [5.74, 6) is 0.121. The minimum absolute atomic E-state index is 0.103. The number of carbonyl (C=O) groups is 1. The average Bonchev–Trinajstić information content (AvgIpc) is 2.53. The molecule has 1 heterocycles. The smallest absolute Gasteiger partial charge is 0.247 e. The molecule has 1 amide bonds.